The highest BCUT2D eigenvalue weighted by atomic mass is 32.1. The smallest absolute Gasteiger partial charge is 0.367 e. The van der Waals surface area contributed by atoms with Crippen LogP contribution in [0, 0.1) is 0 Å². The minimum atomic E-state index is -0.555. The normalized spacial score (nSPS) is 28.3. The highest BCUT2D eigenvalue weighted by molar-refractivity contribution is 7.13. The van der Waals surface area contributed by atoms with E-state index in [9.17, 15) is 15.0 Å². The summed E-state index contributed by atoms with van der Waals surface area (Å²) < 4.78 is 4.84. The quantitative estimate of drug-likeness (QED) is 0.787. The predicted octanol–water partition coefficient (Wildman–Crippen LogP) is 0.919. The predicted molar refractivity (Wildman–Crippen MR) is 62.1 cm³/mol. The number of carbonyl (C=O) groups is 1. The molecule has 2 N–H and O–H groups in total. The molecule has 1 saturated carbocycles. The third kappa shape index (κ3) is 2.48. The Bertz CT molecular complexity index is 396. The van der Waals surface area contributed by atoms with Gasteiger partial charge in [0, 0.05) is 17.0 Å². The number of aromatic nitrogens is 1. The molecule has 1 aliphatic carbocycles. The van der Waals surface area contributed by atoms with Crippen LogP contribution < -0.4 is 0 Å². The molecule has 94 valence electrons. The molecule has 1 aliphatic rings. The maximum Gasteiger partial charge on any atom is 0.367 e. The maximum atomic E-state index is 11.4. The number of thiazole rings is 1. The Morgan fingerprint density at radius 2 is 2.18 bits per heavy atom. The number of hydrogen-bond acceptors (Lipinski definition) is 6. The number of rotatable bonds is 3. The number of carbonyl (C=O) groups excluding carboxylic acids is 1. The lowest BCUT2D eigenvalue weighted by molar-refractivity contribution is 0.0526. The third-order valence-electron chi connectivity index (χ3n) is 2.89. The van der Waals surface area contributed by atoms with Gasteiger partial charge in [0.05, 0.1) is 18.8 Å². The molecular formula is C11H15NO4S. The van der Waals surface area contributed by atoms with Gasteiger partial charge in [0.15, 0.2) is 0 Å². The molecule has 17 heavy (non-hydrogen) atoms. The van der Waals surface area contributed by atoms with E-state index in [1.165, 1.54) is 11.3 Å². The van der Waals surface area contributed by atoms with Crippen LogP contribution in [0.5, 0.6) is 0 Å². The third-order valence-corrected chi connectivity index (χ3v) is 3.97. The van der Waals surface area contributed by atoms with Gasteiger partial charge < -0.3 is 14.9 Å². The molecule has 5 nitrogen and oxygen atoms in total. The molecule has 6 heteroatoms. The average molecular weight is 257 g/mol. The zero-order valence-electron chi connectivity index (χ0n) is 9.50. The summed E-state index contributed by atoms with van der Waals surface area (Å²) in [4.78, 5) is 16.1. The van der Waals surface area contributed by atoms with Crippen LogP contribution in [0.1, 0.15) is 40.4 Å². The number of ether oxygens (including phenoxy) is 1. The second kappa shape index (κ2) is 5.12. The molecule has 1 aromatic heterocycles. The molecule has 0 aliphatic heterocycles. The van der Waals surface area contributed by atoms with E-state index in [-0.39, 0.29) is 10.9 Å². The second-order valence-electron chi connectivity index (χ2n) is 4.03. The minimum Gasteiger partial charge on any atom is -0.461 e. The lowest BCUT2D eigenvalue weighted by atomic mass is 10.0. The Labute approximate surface area is 103 Å². The highest BCUT2D eigenvalue weighted by Crippen LogP contribution is 2.37. The van der Waals surface area contributed by atoms with E-state index in [0.29, 0.717) is 19.4 Å². The van der Waals surface area contributed by atoms with Crippen LogP contribution in [0.2, 0.25) is 0 Å². The van der Waals surface area contributed by atoms with E-state index in [1.54, 1.807) is 13.1 Å². The molecular weight excluding hydrogens is 242 g/mol. The van der Waals surface area contributed by atoms with Crippen molar-refractivity contribution in [3.05, 3.63) is 16.1 Å². The summed E-state index contributed by atoms with van der Waals surface area (Å²) in [5.41, 5.74) is 0. The average Bonchev–Trinajstić information content (AvgIpc) is 2.86. The summed E-state index contributed by atoms with van der Waals surface area (Å²) in [5.74, 6) is -0.776. The molecule has 2 atom stereocenters. The van der Waals surface area contributed by atoms with Crippen LogP contribution in [0.4, 0.5) is 0 Å². The first-order chi connectivity index (χ1) is 8.13. The van der Waals surface area contributed by atoms with Gasteiger partial charge in [-0.2, -0.15) is 0 Å². The lowest BCUT2D eigenvalue weighted by Gasteiger charge is -2.15. The van der Waals surface area contributed by atoms with Gasteiger partial charge in [-0.05, 0) is 19.8 Å². The molecule has 0 amide bonds. The zero-order valence-corrected chi connectivity index (χ0v) is 10.3. The van der Waals surface area contributed by atoms with Crippen molar-refractivity contribution in [1.29, 1.82) is 0 Å². The van der Waals surface area contributed by atoms with Crippen LogP contribution in [0.15, 0.2) is 6.20 Å². The summed E-state index contributed by atoms with van der Waals surface area (Å²) in [7, 11) is 0. The van der Waals surface area contributed by atoms with Crippen molar-refractivity contribution in [1.82, 2.24) is 4.98 Å². The summed E-state index contributed by atoms with van der Waals surface area (Å²) in [6.07, 6.45) is 1.59. The Morgan fingerprint density at radius 1 is 1.53 bits per heavy atom. The maximum absolute atomic E-state index is 11.4. The molecule has 0 aromatic carbocycles. The van der Waals surface area contributed by atoms with E-state index < -0.39 is 18.2 Å². The molecule has 2 unspecified atom stereocenters. The van der Waals surface area contributed by atoms with Crippen LogP contribution in [0.3, 0.4) is 0 Å². The van der Waals surface area contributed by atoms with Crippen molar-refractivity contribution in [2.75, 3.05) is 6.61 Å². The molecule has 1 fully saturated rings. The second-order valence-corrected chi connectivity index (χ2v) is 5.09. The molecule has 2 rings (SSSR count). The molecule has 1 aromatic rings. The summed E-state index contributed by atoms with van der Waals surface area (Å²) in [6, 6.07) is 0. The fraction of sp³-hybridized carbons (Fsp3) is 0.636. The Balaban J connectivity index is 2.15. The minimum absolute atomic E-state index is 0.271. The number of nitrogens with zero attached hydrogens (tertiary/aromatic N) is 1. The van der Waals surface area contributed by atoms with E-state index in [4.69, 9.17) is 4.74 Å². The van der Waals surface area contributed by atoms with Crippen molar-refractivity contribution in [2.45, 2.75) is 37.9 Å². The Kier molecular flexibility index (Phi) is 3.76. The molecule has 0 spiro atoms. The van der Waals surface area contributed by atoms with Crippen molar-refractivity contribution in [3.8, 4) is 0 Å². The van der Waals surface area contributed by atoms with Gasteiger partial charge in [-0.15, -0.1) is 11.3 Å². The number of aliphatic hydroxyl groups excluding tert-OH is 2. The SMILES string of the molecule is CCOC(=O)c1ncc(C2C(O)CCC2O)s1. The molecule has 1 heterocycles. The number of esters is 1. The van der Waals surface area contributed by atoms with Gasteiger partial charge in [-0.25, -0.2) is 9.78 Å². The Morgan fingerprint density at radius 3 is 2.76 bits per heavy atom. The van der Waals surface area contributed by atoms with Gasteiger partial charge in [0.1, 0.15) is 0 Å². The topological polar surface area (TPSA) is 79.7 Å². The van der Waals surface area contributed by atoms with Crippen molar-refractivity contribution in [3.63, 3.8) is 0 Å². The van der Waals surface area contributed by atoms with Gasteiger partial charge >= 0.3 is 5.97 Å². The number of hydrogen-bond donors (Lipinski definition) is 2. The van der Waals surface area contributed by atoms with Gasteiger partial charge in [0.25, 0.3) is 0 Å². The van der Waals surface area contributed by atoms with E-state index >= 15 is 0 Å². The fourth-order valence-corrected chi connectivity index (χ4v) is 3.09. The Hall–Kier alpha value is -0.980. The highest BCUT2D eigenvalue weighted by Gasteiger charge is 2.36. The van der Waals surface area contributed by atoms with E-state index in [2.05, 4.69) is 4.98 Å². The van der Waals surface area contributed by atoms with Crippen molar-refractivity contribution in [2.24, 2.45) is 0 Å². The fourth-order valence-electron chi connectivity index (χ4n) is 2.06. The zero-order chi connectivity index (χ0) is 12.4. The first-order valence-corrected chi connectivity index (χ1v) is 6.44. The van der Waals surface area contributed by atoms with Gasteiger partial charge in [-0.1, -0.05) is 0 Å². The van der Waals surface area contributed by atoms with E-state index in [1.807, 2.05) is 0 Å². The largest absolute Gasteiger partial charge is 0.461 e. The van der Waals surface area contributed by atoms with Gasteiger partial charge in [0.2, 0.25) is 5.01 Å². The standard InChI is InChI=1S/C11H15NO4S/c1-2-16-11(15)10-12-5-8(17-10)9-6(13)3-4-7(9)14/h5-7,9,13-14H,2-4H2,1H3. The first kappa shape index (κ1) is 12.5. The summed E-state index contributed by atoms with van der Waals surface area (Å²) in [6.45, 7) is 2.04. The van der Waals surface area contributed by atoms with Crippen LogP contribution in [-0.2, 0) is 4.74 Å². The van der Waals surface area contributed by atoms with Crippen LogP contribution in [-0.4, -0.2) is 40.0 Å². The van der Waals surface area contributed by atoms with E-state index in [0.717, 1.165) is 4.88 Å². The van der Waals surface area contributed by atoms with Gasteiger partial charge in [-0.3, -0.25) is 0 Å². The number of aliphatic hydroxyl groups is 2. The first-order valence-electron chi connectivity index (χ1n) is 5.62. The lowest BCUT2D eigenvalue weighted by Crippen LogP contribution is -2.19. The molecule has 0 bridgehead atoms. The monoisotopic (exact) mass is 257 g/mol. The molecule has 0 radical (unpaired) electrons. The van der Waals surface area contributed by atoms with Crippen LogP contribution >= 0.6 is 11.3 Å². The van der Waals surface area contributed by atoms with Crippen molar-refractivity contribution >= 4 is 17.3 Å². The summed E-state index contributed by atoms with van der Waals surface area (Å²) in [5, 5.41) is 19.8. The van der Waals surface area contributed by atoms with Crippen molar-refractivity contribution < 1.29 is 19.7 Å². The molecule has 0 saturated heterocycles. The summed E-state index contributed by atoms with van der Waals surface area (Å²) >= 11 is 1.18. The van der Waals surface area contributed by atoms with Crippen LogP contribution in [0.25, 0.3) is 0 Å².